The van der Waals surface area contributed by atoms with Crippen molar-refractivity contribution >= 4 is 10.1 Å². The Morgan fingerprint density at radius 1 is 1.14 bits per heavy atom. The second-order valence-corrected chi connectivity index (χ2v) is 6.62. The van der Waals surface area contributed by atoms with Crippen molar-refractivity contribution in [2.24, 2.45) is 0 Å². The molecule has 10 heteroatoms. The monoisotopic (exact) mass is 336 g/mol. The fraction of sp³-hybridized carbons (Fsp3) is 1.00. The number of nitrogens with zero attached hydrogens (tertiary/aromatic N) is 2. The summed E-state index contributed by atoms with van der Waals surface area (Å²) in [7, 11) is -4.24. The van der Waals surface area contributed by atoms with E-state index in [0.29, 0.717) is 13.1 Å². The van der Waals surface area contributed by atoms with Crippen LogP contribution in [0.3, 0.4) is 0 Å². The highest BCUT2D eigenvalue weighted by molar-refractivity contribution is 7.86. The molecule has 0 aromatic heterocycles. The van der Waals surface area contributed by atoms with Gasteiger partial charge >= 0.3 is 12.3 Å². The van der Waals surface area contributed by atoms with Crippen molar-refractivity contribution in [1.29, 1.82) is 0 Å². The zero-order chi connectivity index (χ0) is 16.1. The van der Waals surface area contributed by atoms with Crippen LogP contribution in [0.15, 0.2) is 0 Å². The van der Waals surface area contributed by atoms with Crippen LogP contribution in [-0.2, 0) is 14.3 Å². The quantitative estimate of drug-likeness (QED) is 0.486. The largest absolute Gasteiger partial charge is 0.331 e. The maximum atomic E-state index is 12.6. The first-order valence-corrected chi connectivity index (χ1v) is 8.22. The molecule has 0 bridgehead atoms. The summed E-state index contributed by atoms with van der Waals surface area (Å²) in [6.07, 6.45) is -3.95. The van der Waals surface area contributed by atoms with Crippen LogP contribution in [0.4, 0.5) is 17.6 Å². The van der Waals surface area contributed by atoms with Crippen molar-refractivity contribution < 1.29 is 30.2 Å². The van der Waals surface area contributed by atoms with Gasteiger partial charge in [-0.25, -0.2) is 8.78 Å². The van der Waals surface area contributed by atoms with Gasteiger partial charge in [0.15, 0.2) is 0 Å². The molecule has 1 heterocycles. The second kappa shape index (κ2) is 7.70. The van der Waals surface area contributed by atoms with Crippen molar-refractivity contribution in [3.05, 3.63) is 0 Å². The fourth-order valence-corrected chi connectivity index (χ4v) is 2.80. The van der Waals surface area contributed by atoms with E-state index in [1.165, 1.54) is 0 Å². The second-order valence-electron chi connectivity index (χ2n) is 4.86. The minimum absolute atomic E-state index is 0.139. The summed E-state index contributed by atoms with van der Waals surface area (Å²) in [5, 5.41) is 0. The average molecular weight is 336 g/mol. The van der Waals surface area contributed by atoms with Gasteiger partial charge in [-0.3, -0.25) is 9.08 Å². The lowest BCUT2D eigenvalue weighted by Gasteiger charge is -2.33. The zero-order valence-electron chi connectivity index (χ0n) is 11.8. The Bertz CT molecular complexity index is 412. The molecule has 1 aliphatic heterocycles. The lowest BCUT2D eigenvalue weighted by molar-refractivity contribution is -0.147. The summed E-state index contributed by atoms with van der Waals surface area (Å²) in [5.74, 6) is -4.95. The summed E-state index contributed by atoms with van der Waals surface area (Å²) >= 11 is 0. The molecule has 0 unspecified atom stereocenters. The van der Waals surface area contributed by atoms with E-state index in [4.69, 9.17) is 0 Å². The van der Waals surface area contributed by atoms with Gasteiger partial charge in [0.25, 0.3) is 10.1 Å². The number of likely N-dealkylation sites (N-methyl/N-ethyl adjacent to an activating group) is 1. The lowest BCUT2D eigenvalue weighted by Crippen LogP contribution is -2.47. The van der Waals surface area contributed by atoms with E-state index in [0.717, 1.165) is 19.6 Å². The molecule has 1 saturated heterocycles. The van der Waals surface area contributed by atoms with E-state index in [-0.39, 0.29) is 6.54 Å². The molecule has 0 aliphatic carbocycles. The maximum Gasteiger partial charge on any atom is 0.331 e. The van der Waals surface area contributed by atoms with Gasteiger partial charge in [-0.15, -0.1) is 0 Å². The van der Waals surface area contributed by atoms with Crippen LogP contribution in [0.1, 0.15) is 6.92 Å². The number of rotatable bonds is 8. The molecule has 1 rings (SSSR count). The topological polar surface area (TPSA) is 49.9 Å². The summed E-state index contributed by atoms with van der Waals surface area (Å²) in [6, 6.07) is 0. The third-order valence-electron chi connectivity index (χ3n) is 3.32. The maximum absolute atomic E-state index is 12.6. The van der Waals surface area contributed by atoms with Crippen molar-refractivity contribution in [1.82, 2.24) is 9.80 Å². The summed E-state index contributed by atoms with van der Waals surface area (Å²) in [4.78, 5) is 4.07. The van der Waals surface area contributed by atoms with Crippen molar-refractivity contribution in [2.45, 2.75) is 19.3 Å². The van der Waals surface area contributed by atoms with Crippen LogP contribution in [0.2, 0.25) is 0 Å². The Balaban J connectivity index is 2.34. The molecule has 1 fully saturated rings. The minimum atomic E-state index is -4.46. The predicted octanol–water partition coefficient (Wildman–Crippen LogP) is 0.871. The van der Waals surface area contributed by atoms with Crippen LogP contribution < -0.4 is 0 Å². The van der Waals surface area contributed by atoms with E-state index in [1.807, 2.05) is 11.8 Å². The number of hydrogen-bond donors (Lipinski definition) is 0. The molecule has 0 saturated carbocycles. The van der Waals surface area contributed by atoms with Gasteiger partial charge in [0.2, 0.25) is 0 Å². The molecule has 21 heavy (non-hydrogen) atoms. The minimum Gasteiger partial charge on any atom is -0.301 e. The van der Waals surface area contributed by atoms with E-state index >= 15 is 0 Å². The molecule has 0 radical (unpaired) electrons. The van der Waals surface area contributed by atoms with E-state index in [1.54, 1.807) is 0 Å². The average Bonchev–Trinajstić information content (AvgIpc) is 2.44. The van der Waals surface area contributed by atoms with Crippen LogP contribution in [0.25, 0.3) is 0 Å². The van der Waals surface area contributed by atoms with Crippen molar-refractivity contribution in [2.75, 3.05) is 51.6 Å². The predicted molar refractivity (Wildman–Crippen MR) is 69.2 cm³/mol. The SMILES string of the molecule is CCN1CCN(CCS(=O)(=O)OCC(F)(F)C(F)F)CC1. The highest BCUT2D eigenvalue weighted by atomic mass is 32.2. The first-order valence-electron chi connectivity index (χ1n) is 6.64. The number of hydrogen-bond acceptors (Lipinski definition) is 5. The first kappa shape index (κ1) is 18.6. The molecular formula is C11H20F4N2O3S. The highest BCUT2D eigenvalue weighted by Crippen LogP contribution is 2.23. The molecular weight excluding hydrogens is 316 g/mol. The van der Waals surface area contributed by atoms with E-state index in [9.17, 15) is 26.0 Å². The third-order valence-corrected chi connectivity index (χ3v) is 4.48. The van der Waals surface area contributed by atoms with Gasteiger partial charge in [-0.2, -0.15) is 17.2 Å². The van der Waals surface area contributed by atoms with Crippen LogP contribution >= 0.6 is 0 Å². The van der Waals surface area contributed by atoms with Crippen LogP contribution in [-0.4, -0.2) is 82.2 Å². The molecule has 1 aliphatic rings. The molecule has 0 spiro atoms. The van der Waals surface area contributed by atoms with Gasteiger partial charge in [-0.05, 0) is 6.54 Å². The summed E-state index contributed by atoms with van der Waals surface area (Å²) in [6.45, 7) is 4.22. The molecule has 0 N–H and O–H groups in total. The van der Waals surface area contributed by atoms with Crippen molar-refractivity contribution in [3.63, 3.8) is 0 Å². The Kier molecular flexibility index (Phi) is 6.82. The van der Waals surface area contributed by atoms with Crippen LogP contribution in [0, 0.1) is 0 Å². The Hall–Kier alpha value is -0.450. The Morgan fingerprint density at radius 2 is 1.67 bits per heavy atom. The molecule has 0 aromatic carbocycles. The van der Waals surface area contributed by atoms with Crippen LogP contribution in [0.5, 0.6) is 0 Å². The molecule has 0 amide bonds. The van der Waals surface area contributed by atoms with E-state index < -0.39 is 34.8 Å². The Morgan fingerprint density at radius 3 is 2.14 bits per heavy atom. The molecule has 0 atom stereocenters. The van der Waals surface area contributed by atoms with E-state index in [2.05, 4.69) is 9.08 Å². The van der Waals surface area contributed by atoms with Gasteiger partial charge in [-0.1, -0.05) is 6.92 Å². The summed E-state index contributed by atoms with van der Waals surface area (Å²) in [5.41, 5.74) is 0. The standard InChI is InChI=1S/C11H20F4N2O3S/c1-2-16-3-5-17(6-4-16)7-8-21(18,19)20-9-11(14,15)10(12)13/h10H,2-9H2,1H3. The highest BCUT2D eigenvalue weighted by Gasteiger charge is 2.42. The number of alkyl halides is 4. The lowest BCUT2D eigenvalue weighted by atomic mass is 10.3. The fourth-order valence-electron chi connectivity index (χ4n) is 1.86. The summed E-state index contributed by atoms with van der Waals surface area (Å²) < 4.78 is 75.8. The van der Waals surface area contributed by atoms with Gasteiger partial charge < -0.3 is 4.90 Å². The number of halogens is 4. The zero-order valence-corrected chi connectivity index (χ0v) is 12.6. The third kappa shape index (κ3) is 6.45. The normalized spacial score (nSPS) is 19.3. The molecule has 5 nitrogen and oxygen atoms in total. The van der Waals surface area contributed by atoms with Gasteiger partial charge in [0.1, 0.15) is 6.61 Å². The van der Waals surface area contributed by atoms with Gasteiger partial charge in [0.05, 0.1) is 5.75 Å². The first-order chi connectivity index (χ1) is 9.66. The van der Waals surface area contributed by atoms with Crippen molar-refractivity contribution in [3.8, 4) is 0 Å². The number of piperazine rings is 1. The van der Waals surface area contributed by atoms with Gasteiger partial charge in [0, 0.05) is 32.7 Å². The Labute approximate surface area is 122 Å². The molecule has 126 valence electrons. The smallest absolute Gasteiger partial charge is 0.301 e. The molecule has 0 aromatic rings.